The number of methoxy groups -OCH3 is 2. The summed E-state index contributed by atoms with van der Waals surface area (Å²) in [5.41, 5.74) is 0.536. The molecule has 0 aliphatic carbocycles. The molecule has 0 radical (unpaired) electrons. The Morgan fingerprint density at radius 2 is 1.68 bits per heavy atom. The quantitative estimate of drug-likeness (QED) is 0.461. The highest BCUT2D eigenvalue weighted by atomic mass is 79.9. The summed E-state index contributed by atoms with van der Waals surface area (Å²) < 4.78 is 16.2. The summed E-state index contributed by atoms with van der Waals surface area (Å²) in [4.78, 5) is 23.3. The fourth-order valence-corrected chi connectivity index (χ4v) is 2.17. The van der Waals surface area contributed by atoms with E-state index in [0.29, 0.717) is 17.8 Å². The fraction of sp³-hybridized carbons (Fsp3) is 0.125. The van der Waals surface area contributed by atoms with Crippen molar-refractivity contribution in [2.45, 2.75) is 0 Å². The van der Waals surface area contributed by atoms with Gasteiger partial charge in [-0.2, -0.15) is 0 Å². The van der Waals surface area contributed by atoms with Gasteiger partial charge in [0.1, 0.15) is 17.2 Å². The van der Waals surface area contributed by atoms with Gasteiger partial charge in [-0.05, 0) is 30.3 Å². The number of esters is 1. The molecule has 0 unspecified atom stereocenters. The summed E-state index contributed by atoms with van der Waals surface area (Å²) in [5, 5.41) is 0. The van der Waals surface area contributed by atoms with Crippen molar-refractivity contribution in [3.63, 3.8) is 0 Å². The van der Waals surface area contributed by atoms with E-state index in [2.05, 4.69) is 15.9 Å². The Morgan fingerprint density at radius 1 is 1.05 bits per heavy atom. The minimum atomic E-state index is -0.609. The van der Waals surface area contributed by atoms with E-state index >= 15 is 0 Å². The highest BCUT2D eigenvalue weighted by molar-refractivity contribution is 9.10. The average molecular weight is 365 g/mol. The number of ether oxygens (including phenoxy) is 3. The summed E-state index contributed by atoms with van der Waals surface area (Å²) in [7, 11) is 2.98. The van der Waals surface area contributed by atoms with Crippen LogP contribution in [0.25, 0.3) is 0 Å². The average Bonchev–Trinajstić information content (AvgIpc) is 2.55. The van der Waals surface area contributed by atoms with E-state index in [0.717, 1.165) is 4.47 Å². The summed E-state index contributed by atoms with van der Waals surface area (Å²) >= 11 is 3.25. The van der Waals surface area contributed by atoms with E-state index in [4.69, 9.17) is 14.2 Å². The second-order valence-electron chi connectivity index (χ2n) is 4.29. The molecule has 0 aromatic heterocycles. The third-order valence-corrected chi connectivity index (χ3v) is 3.38. The second kappa shape index (κ2) is 7.09. The van der Waals surface area contributed by atoms with Crippen LogP contribution in [0.15, 0.2) is 40.9 Å². The fourth-order valence-electron chi connectivity index (χ4n) is 1.79. The van der Waals surface area contributed by atoms with E-state index in [1.807, 2.05) is 0 Å². The maximum absolute atomic E-state index is 12.2. The third-order valence-electron chi connectivity index (χ3n) is 2.89. The van der Waals surface area contributed by atoms with Gasteiger partial charge in [-0.3, -0.25) is 4.79 Å². The van der Waals surface area contributed by atoms with Gasteiger partial charge in [-0.25, -0.2) is 4.79 Å². The van der Waals surface area contributed by atoms with Crippen LogP contribution >= 0.6 is 15.9 Å². The number of hydrogen-bond donors (Lipinski definition) is 0. The largest absolute Gasteiger partial charge is 0.497 e. The van der Waals surface area contributed by atoms with Crippen molar-refractivity contribution < 1.29 is 23.8 Å². The van der Waals surface area contributed by atoms with Gasteiger partial charge in [0.2, 0.25) is 0 Å². The van der Waals surface area contributed by atoms with Crippen LogP contribution in [-0.2, 0) is 0 Å². The van der Waals surface area contributed by atoms with Crippen molar-refractivity contribution in [1.82, 2.24) is 0 Å². The number of rotatable bonds is 5. The van der Waals surface area contributed by atoms with Crippen molar-refractivity contribution in [3.05, 3.63) is 52.0 Å². The zero-order valence-corrected chi connectivity index (χ0v) is 13.5. The Balaban J connectivity index is 2.31. The summed E-state index contributed by atoms with van der Waals surface area (Å²) in [6.45, 7) is 0. The Morgan fingerprint density at radius 3 is 2.23 bits per heavy atom. The predicted octanol–water partition coefficient (Wildman–Crippen LogP) is 3.50. The van der Waals surface area contributed by atoms with E-state index < -0.39 is 5.97 Å². The molecule has 0 spiro atoms. The Hall–Kier alpha value is -2.34. The molecule has 0 N–H and O–H groups in total. The molecule has 0 aliphatic rings. The van der Waals surface area contributed by atoms with Crippen molar-refractivity contribution in [3.8, 4) is 17.2 Å². The van der Waals surface area contributed by atoms with Crippen molar-refractivity contribution in [1.29, 1.82) is 0 Å². The molecule has 0 atom stereocenters. The molecule has 0 amide bonds. The molecule has 0 aliphatic heterocycles. The maximum Gasteiger partial charge on any atom is 0.343 e. The van der Waals surface area contributed by atoms with Crippen molar-refractivity contribution >= 4 is 28.2 Å². The zero-order chi connectivity index (χ0) is 16.1. The van der Waals surface area contributed by atoms with Gasteiger partial charge in [0, 0.05) is 10.5 Å². The monoisotopic (exact) mass is 364 g/mol. The van der Waals surface area contributed by atoms with Crippen LogP contribution in [0.1, 0.15) is 20.7 Å². The van der Waals surface area contributed by atoms with E-state index in [9.17, 15) is 9.59 Å². The molecule has 0 bridgehead atoms. The lowest BCUT2D eigenvalue weighted by Crippen LogP contribution is -2.10. The van der Waals surface area contributed by atoms with E-state index in [-0.39, 0.29) is 16.9 Å². The lowest BCUT2D eigenvalue weighted by molar-refractivity contribution is 0.0732. The first-order valence-electron chi connectivity index (χ1n) is 6.27. The summed E-state index contributed by atoms with van der Waals surface area (Å²) in [6.07, 6.45) is 0.625. The molecule has 5 nitrogen and oxygen atoms in total. The lowest BCUT2D eigenvalue weighted by Gasteiger charge is -2.10. The number of aldehydes is 1. The van der Waals surface area contributed by atoms with Crippen LogP contribution in [0.4, 0.5) is 0 Å². The van der Waals surface area contributed by atoms with Crippen molar-refractivity contribution in [2.75, 3.05) is 14.2 Å². The molecule has 2 rings (SSSR count). The molecule has 2 aromatic carbocycles. The van der Waals surface area contributed by atoms with Gasteiger partial charge in [0.15, 0.2) is 6.29 Å². The Bertz CT molecular complexity index is 689. The normalized spacial score (nSPS) is 9.95. The van der Waals surface area contributed by atoms with Crippen LogP contribution in [0, 0.1) is 0 Å². The molecule has 2 aromatic rings. The highest BCUT2D eigenvalue weighted by Crippen LogP contribution is 2.26. The number of carbonyl (C=O) groups is 2. The first kappa shape index (κ1) is 16.0. The van der Waals surface area contributed by atoms with Crippen LogP contribution in [-0.4, -0.2) is 26.5 Å². The van der Waals surface area contributed by atoms with E-state index in [1.165, 1.54) is 26.4 Å². The van der Waals surface area contributed by atoms with Crippen LogP contribution in [0.5, 0.6) is 17.2 Å². The number of benzene rings is 2. The number of carbonyl (C=O) groups excluding carboxylic acids is 2. The first-order valence-corrected chi connectivity index (χ1v) is 7.06. The minimum absolute atomic E-state index is 0.185. The molecule has 6 heteroatoms. The Labute approximate surface area is 135 Å². The molecule has 114 valence electrons. The number of hydrogen-bond acceptors (Lipinski definition) is 5. The molecule has 0 saturated heterocycles. The van der Waals surface area contributed by atoms with Gasteiger partial charge in [-0.15, -0.1) is 0 Å². The standard InChI is InChI=1S/C16H13BrO5/c1-20-13-6-10(7-14(8-13)21-2)16(19)22-15-4-3-12(17)5-11(15)9-18/h3-9H,1-2H3. The SMILES string of the molecule is COc1cc(OC)cc(C(=O)Oc2ccc(Br)cc2C=O)c1. The topological polar surface area (TPSA) is 61.8 Å². The van der Waals surface area contributed by atoms with Gasteiger partial charge < -0.3 is 14.2 Å². The summed E-state index contributed by atoms with van der Waals surface area (Å²) in [5.74, 6) is 0.517. The van der Waals surface area contributed by atoms with Crippen LogP contribution in [0.3, 0.4) is 0 Å². The van der Waals surface area contributed by atoms with Crippen molar-refractivity contribution in [2.24, 2.45) is 0 Å². The lowest BCUT2D eigenvalue weighted by atomic mass is 10.2. The second-order valence-corrected chi connectivity index (χ2v) is 5.21. The molecular formula is C16H13BrO5. The smallest absolute Gasteiger partial charge is 0.343 e. The minimum Gasteiger partial charge on any atom is -0.497 e. The molecule has 0 fully saturated rings. The highest BCUT2D eigenvalue weighted by Gasteiger charge is 2.14. The van der Waals surface area contributed by atoms with Gasteiger partial charge in [-0.1, -0.05) is 15.9 Å². The van der Waals surface area contributed by atoms with Gasteiger partial charge in [0.05, 0.1) is 25.3 Å². The first-order chi connectivity index (χ1) is 10.6. The summed E-state index contributed by atoms with van der Waals surface area (Å²) in [6, 6.07) is 9.51. The molecule has 0 heterocycles. The number of halogens is 1. The van der Waals surface area contributed by atoms with Crippen LogP contribution < -0.4 is 14.2 Å². The zero-order valence-electron chi connectivity index (χ0n) is 12.0. The Kier molecular flexibility index (Phi) is 5.16. The predicted molar refractivity (Wildman–Crippen MR) is 84.0 cm³/mol. The molecule has 22 heavy (non-hydrogen) atoms. The third kappa shape index (κ3) is 3.65. The van der Waals surface area contributed by atoms with E-state index in [1.54, 1.807) is 24.3 Å². The maximum atomic E-state index is 12.2. The molecule has 0 saturated carbocycles. The van der Waals surface area contributed by atoms with Gasteiger partial charge >= 0.3 is 5.97 Å². The molecular weight excluding hydrogens is 352 g/mol. The van der Waals surface area contributed by atoms with Crippen LogP contribution in [0.2, 0.25) is 0 Å². The van der Waals surface area contributed by atoms with Gasteiger partial charge in [0.25, 0.3) is 0 Å².